The molecule has 3 heteroatoms. The number of hydrogen-bond acceptors (Lipinski definition) is 3. The van der Waals surface area contributed by atoms with Gasteiger partial charge in [-0.3, -0.25) is 15.1 Å². The fourth-order valence-electron chi connectivity index (χ4n) is 1.79. The van der Waals surface area contributed by atoms with Crippen molar-refractivity contribution in [1.82, 2.24) is 15.1 Å². The van der Waals surface area contributed by atoms with Gasteiger partial charge in [0.05, 0.1) is 13.3 Å². The van der Waals surface area contributed by atoms with Crippen LogP contribution in [0.2, 0.25) is 0 Å². The molecule has 1 N–H and O–H groups in total. The third kappa shape index (κ3) is 2.54. The molecule has 1 fully saturated rings. The van der Waals surface area contributed by atoms with E-state index in [1.54, 1.807) is 0 Å². The van der Waals surface area contributed by atoms with Crippen LogP contribution in [0.15, 0.2) is 30.3 Å². The van der Waals surface area contributed by atoms with Crippen LogP contribution in [-0.2, 0) is 6.54 Å². The summed E-state index contributed by atoms with van der Waals surface area (Å²) >= 11 is 0. The van der Waals surface area contributed by atoms with Gasteiger partial charge in [0, 0.05) is 13.2 Å². The van der Waals surface area contributed by atoms with Gasteiger partial charge < -0.3 is 0 Å². The molecule has 0 atom stereocenters. The van der Waals surface area contributed by atoms with Gasteiger partial charge in [-0.15, -0.1) is 0 Å². The first-order chi connectivity index (χ1) is 6.84. The van der Waals surface area contributed by atoms with E-state index in [0.717, 1.165) is 26.6 Å². The lowest BCUT2D eigenvalue weighted by atomic mass is 10.2. The zero-order valence-corrected chi connectivity index (χ0v) is 8.61. The number of benzene rings is 1. The summed E-state index contributed by atoms with van der Waals surface area (Å²) in [4.78, 5) is 4.66. The molecular weight excluding hydrogens is 174 g/mol. The van der Waals surface area contributed by atoms with Crippen molar-refractivity contribution in [3.8, 4) is 0 Å². The lowest BCUT2D eigenvalue weighted by Gasteiger charge is -2.33. The minimum atomic E-state index is 0.985. The lowest BCUT2D eigenvalue weighted by Crippen LogP contribution is -2.50. The Labute approximate surface area is 85.3 Å². The molecule has 0 spiro atoms. The molecule has 0 amide bonds. The van der Waals surface area contributed by atoms with Crippen molar-refractivity contribution in [2.24, 2.45) is 0 Å². The fourth-order valence-corrected chi connectivity index (χ4v) is 1.79. The average Bonchev–Trinajstić information content (AvgIpc) is 2.19. The van der Waals surface area contributed by atoms with Crippen molar-refractivity contribution in [3.05, 3.63) is 35.9 Å². The van der Waals surface area contributed by atoms with E-state index in [1.807, 2.05) is 0 Å². The van der Waals surface area contributed by atoms with Gasteiger partial charge in [-0.1, -0.05) is 30.3 Å². The van der Waals surface area contributed by atoms with Crippen molar-refractivity contribution >= 4 is 0 Å². The highest BCUT2D eigenvalue weighted by Crippen LogP contribution is 2.05. The molecule has 2 rings (SSSR count). The van der Waals surface area contributed by atoms with Gasteiger partial charge in [-0.25, -0.2) is 0 Å². The van der Waals surface area contributed by atoms with E-state index in [2.05, 4.69) is 52.5 Å². The highest BCUT2D eigenvalue weighted by Gasteiger charge is 2.12. The maximum absolute atomic E-state index is 3.36. The fraction of sp³-hybridized carbons (Fsp3) is 0.455. The number of nitrogens with one attached hydrogen (secondary N) is 1. The molecule has 3 nitrogen and oxygen atoms in total. The van der Waals surface area contributed by atoms with Gasteiger partial charge in [0.15, 0.2) is 0 Å². The van der Waals surface area contributed by atoms with Crippen molar-refractivity contribution in [3.63, 3.8) is 0 Å². The van der Waals surface area contributed by atoms with Gasteiger partial charge >= 0.3 is 0 Å². The first-order valence-electron chi connectivity index (χ1n) is 5.00. The first-order valence-corrected chi connectivity index (χ1v) is 5.00. The van der Waals surface area contributed by atoms with E-state index in [4.69, 9.17) is 0 Å². The summed E-state index contributed by atoms with van der Waals surface area (Å²) in [6.45, 7) is 4.05. The molecule has 0 bridgehead atoms. The predicted octanol–water partition coefficient (Wildman–Crippen LogP) is 0.896. The summed E-state index contributed by atoms with van der Waals surface area (Å²) in [5, 5.41) is 3.36. The Balaban J connectivity index is 1.91. The van der Waals surface area contributed by atoms with Crippen molar-refractivity contribution in [1.29, 1.82) is 0 Å². The predicted molar refractivity (Wildman–Crippen MR) is 57.5 cm³/mol. The number of hydrogen-bond donors (Lipinski definition) is 1. The maximum atomic E-state index is 3.36. The van der Waals surface area contributed by atoms with Gasteiger partial charge in [0.1, 0.15) is 0 Å². The second-order valence-corrected chi connectivity index (χ2v) is 3.88. The summed E-state index contributed by atoms with van der Waals surface area (Å²) in [5.74, 6) is 0. The van der Waals surface area contributed by atoms with E-state index >= 15 is 0 Å². The largest absolute Gasteiger partial charge is 0.291 e. The Kier molecular flexibility index (Phi) is 3.14. The molecule has 0 saturated carbocycles. The Morgan fingerprint density at radius 3 is 2.71 bits per heavy atom. The molecule has 1 aliphatic heterocycles. The number of nitrogens with zero attached hydrogens (tertiary/aromatic N) is 2. The summed E-state index contributed by atoms with van der Waals surface area (Å²) in [7, 11) is 2.13. The second kappa shape index (κ2) is 4.55. The maximum Gasteiger partial charge on any atom is 0.0530 e. The van der Waals surface area contributed by atoms with Crippen LogP contribution in [0.3, 0.4) is 0 Å². The first kappa shape index (κ1) is 9.65. The van der Waals surface area contributed by atoms with Crippen molar-refractivity contribution in [2.45, 2.75) is 6.54 Å². The van der Waals surface area contributed by atoms with Crippen LogP contribution in [0, 0.1) is 0 Å². The van der Waals surface area contributed by atoms with E-state index in [0.29, 0.717) is 0 Å². The van der Waals surface area contributed by atoms with Crippen LogP contribution in [0.1, 0.15) is 5.56 Å². The van der Waals surface area contributed by atoms with Crippen LogP contribution >= 0.6 is 0 Å². The Morgan fingerprint density at radius 1 is 1.21 bits per heavy atom. The van der Waals surface area contributed by atoms with E-state index in [1.165, 1.54) is 5.56 Å². The quantitative estimate of drug-likeness (QED) is 0.749. The molecule has 1 aliphatic rings. The van der Waals surface area contributed by atoms with Crippen LogP contribution in [0.4, 0.5) is 0 Å². The molecule has 0 radical (unpaired) electrons. The van der Waals surface area contributed by atoms with Crippen LogP contribution in [-0.4, -0.2) is 36.9 Å². The van der Waals surface area contributed by atoms with E-state index in [9.17, 15) is 0 Å². The van der Waals surface area contributed by atoms with Gasteiger partial charge in [0.2, 0.25) is 0 Å². The standard InChI is InChI=1S/C11H17N3/c1-13-8-12-9-14(10-13)7-11-5-3-2-4-6-11/h2-6,12H,7-10H2,1H3. The zero-order valence-electron chi connectivity index (χ0n) is 8.61. The van der Waals surface area contributed by atoms with Crippen molar-refractivity contribution in [2.75, 3.05) is 27.1 Å². The topological polar surface area (TPSA) is 18.5 Å². The smallest absolute Gasteiger partial charge is 0.0530 e. The van der Waals surface area contributed by atoms with Gasteiger partial charge in [-0.2, -0.15) is 0 Å². The number of rotatable bonds is 2. The SMILES string of the molecule is CN1CNCN(Cc2ccccc2)C1. The summed E-state index contributed by atoms with van der Waals surface area (Å²) < 4.78 is 0. The molecule has 0 unspecified atom stereocenters. The third-order valence-electron chi connectivity index (χ3n) is 2.41. The molecule has 1 heterocycles. The normalized spacial score (nSPS) is 19.8. The van der Waals surface area contributed by atoms with E-state index in [-0.39, 0.29) is 0 Å². The molecule has 76 valence electrons. The average molecular weight is 191 g/mol. The molecule has 0 aliphatic carbocycles. The molecule has 0 aromatic heterocycles. The Bertz CT molecular complexity index is 273. The van der Waals surface area contributed by atoms with E-state index < -0.39 is 0 Å². The van der Waals surface area contributed by atoms with Gasteiger partial charge in [-0.05, 0) is 12.6 Å². The van der Waals surface area contributed by atoms with Crippen LogP contribution in [0.5, 0.6) is 0 Å². The monoisotopic (exact) mass is 191 g/mol. The van der Waals surface area contributed by atoms with Crippen LogP contribution < -0.4 is 5.32 Å². The minimum absolute atomic E-state index is 0.985. The Hall–Kier alpha value is -0.900. The Morgan fingerprint density at radius 2 is 2.00 bits per heavy atom. The van der Waals surface area contributed by atoms with Crippen molar-refractivity contribution < 1.29 is 0 Å². The van der Waals surface area contributed by atoms with Crippen LogP contribution in [0.25, 0.3) is 0 Å². The molecule has 14 heavy (non-hydrogen) atoms. The molecule has 1 aromatic rings. The molecule has 1 saturated heterocycles. The second-order valence-electron chi connectivity index (χ2n) is 3.88. The molecular formula is C11H17N3. The zero-order chi connectivity index (χ0) is 9.80. The molecule has 1 aromatic carbocycles. The summed E-state index contributed by atoms with van der Waals surface area (Å²) in [6.07, 6.45) is 0. The minimum Gasteiger partial charge on any atom is -0.291 e. The third-order valence-corrected chi connectivity index (χ3v) is 2.41. The summed E-state index contributed by atoms with van der Waals surface area (Å²) in [5.41, 5.74) is 1.38. The summed E-state index contributed by atoms with van der Waals surface area (Å²) in [6, 6.07) is 10.6. The highest BCUT2D eigenvalue weighted by atomic mass is 15.4. The lowest BCUT2D eigenvalue weighted by molar-refractivity contribution is 0.0798. The van der Waals surface area contributed by atoms with Gasteiger partial charge in [0.25, 0.3) is 0 Å². The highest BCUT2D eigenvalue weighted by molar-refractivity contribution is 5.14.